The molecule has 28 heavy (non-hydrogen) atoms. The van der Waals surface area contributed by atoms with Gasteiger partial charge in [-0.3, -0.25) is 9.59 Å². The molecule has 0 spiro atoms. The number of amides is 2. The first-order valence-electron chi connectivity index (χ1n) is 9.26. The molecule has 7 heteroatoms. The molecule has 1 aliphatic heterocycles. The van der Waals surface area contributed by atoms with Gasteiger partial charge < -0.3 is 15.0 Å². The summed E-state index contributed by atoms with van der Waals surface area (Å²) in [5.74, 6) is 0.486. The Bertz CT molecular complexity index is 847. The van der Waals surface area contributed by atoms with Crippen molar-refractivity contribution in [1.29, 1.82) is 0 Å². The lowest BCUT2D eigenvalue weighted by molar-refractivity contribution is 0.0698. The minimum Gasteiger partial charge on any atom is -0.494 e. The second kappa shape index (κ2) is 9.30. The zero-order valence-corrected chi connectivity index (χ0v) is 17.1. The van der Waals surface area contributed by atoms with Gasteiger partial charge in [-0.1, -0.05) is 23.2 Å². The third kappa shape index (κ3) is 4.97. The number of benzene rings is 2. The number of carbonyl (C=O) groups is 2. The fourth-order valence-corrected chi connectivity index (χ4v) is 3.57. The SMILES string of the molecule is CCOc1ccc(C(=O)NC2CCN(C(=O)c3cc(Cl)ccc3Cl)CC2)cc1. The molecular formula is C21H22Cl2N2O3. The number of carbonyl (C=O) groups excluding carboxylic acids is 2. The summed E-state index contributed by atoms with van der Waals surface area (Å²) < 4.78 is 5.39. The van der Waals surface area contributed by atoms with Crippen molar-refractivity contribution in [2.24, 2.45) is 0 Å². The lowest BCUT2D eigenvalue weighted by Crippen LogP contribution is -2.46. The van der Waals surface area contributed by atoms with E-state index in [9.17, 15) is 9.59 Å². The molecule has 0 bridgehead atoms. The molecule has 1 fully saturated rings. The number of nitrogens with one attached hydrogen (secondary N) is 1. The zero-order valence-electron chi connectivity index (χ0n) is 15.6. The molecule has 1 saturated heterocycles. The van der Waals surface area contributed by atoms with E-state index in [0.717, 1.165) is 5.75 Å². The molecule has 0 aromatic heterocycles. The van der Waals surface area contributed by atoms with E-state index in [-0.39, 0.29) is 17.9 Å². The van der Waals surface area contributed by atoms with Crippen LogP contribution in [0.1, 0.15) is 40.5 Å². The highest BCUT2D eigenvalue weighted by atomic mass is 35.5. The summed E-state index contributed by atoms with van der Waals surface area (Å²) >= 11 is 12.1. The summed E-state index contributed by atoms with van der Waals surface area (Å²) in [5, 5.41) is 3.91. The molecule has 1 heterocycles. The fourth-order valence-electron chi connectivity index (χ4n) is 3.20. The van der Waals surface area contributed by atoms with Crippen LogP contribution in [0.5, 0.6) is 5.75 Å². The Kier molecular flexibility index (Phi) is 6.81. The van der Waals surface area contributed by atoms with E-state index < -0.39 is 0 Å². The highest BCUT2D eigenvalue weighted by molar-refractivity contribution is 6.35. The van der Waals surface area contributed by atoms with Crippen molar-refractivity contribution in [3.05, 3.63) is 63.6 Å². The number of rotatable bonds is 5. The highest BCUT2D eigenvalue weighted by Crippen LogP contribution is 2.24. The first kappa shape index (κ1) is 20.5. The molecule has 5 nitrogen and oxygen atoms in total. The number of likely N-dealkylation sites (tertiary alicyclic amines) is 1. The van der Waals surface area contributed by atoms with Gasteiger partial charge >= 0.3 is 0 Å². The summed E-state index contributed by atoms with van der Waals surface area (Å²) in [5.41, 5.74) is 0.999. The van der Waals surface area contributed by atoms with Crippen LogP contribution in [0.2, 0.25) is 10.0 Å². The summed E-state index contributed by atoms with van der Waals surface area (Å²) in [6.45, 7) is 3.60. The standard InChI is InChI=1S/C21H22Cl2N2O3/c1-2-28-17-6-3-14(4-7-17)20(26)24-16-9-11-25(12-10-16)21(27)18-13-15(22)5-8-19(18)23/h3-8,13,16H,2,9-12H2,1H3,(H,24,26). The second-order valence-electron chi connectivity index (χ2n) is 6.62. The van der Waals surface area contributed by atoms with Crippen LogP contribution < -0.4 is 10.1 Å². The summed E-state index contributed by atoms with van der Waals surface area (Å²) in [6, 6.07) is 12.0. The Balaban J connectivity index is 1.54. The van der Waals surface area contributed by atoms with Crippen LogP contribution in [0.3, 0.4) is 0 Å². The van der Waals surface area contributed by atoms with E-state index in [0.29, 0.717) is 53.7 Å². The van der Waals surface area contributed by atoms with E-state index in [1.54, 1.807) is 47.4 Å². The number of ether oxygens (including phenoxy) is 1. The van der Waals surface area contributed by atoms with Crippen molar-refractivity contribution in [2.45, 2.75) is 25.8 Å². The third-order valence-corrected chi connectivity index (χ3v) is 5.27. The maximum Gasteiger partial charge on any atom is 0.255 e. The van der Waals surface area contributed by atoms with E-state index in [4.69, 9.17) is 27.9 Å². The Labute approximate surface area is 174 Å². The summed E-state index contributed by atoms with van der Waals surface area (Å²) in [4.78, 5) is 26.9. The molecule has 2 amide bonds. The highest BCUT2D eigenvalue weighted by Gasteiger charge is 2.26. The predicted octanol–water partition coefficient (Wildman–Crippen LogP) is 4.43. The van der Waals surface area contributed by atoms with Crippen LogP contribution in [-0.4, -0.2) is 42.5 Å². The van der Waals surface area contributed by atoms with Crippen molar-refractivity contribution in [3.63, 3.8) is 0 Å². The van der Waals surface area contributed by atoms with Gasteiger partial charge in [-0.2, -0.15) is 0 Å². The molecule has 2 aromatic carbocycles. The number of halogens is 2. The molecule has 2 aromatic rings. The smallest absolute Gasteiger partial charge is 0.255 e. The van der Waals surface area contributed by atoms with Gasteiger partial charge in [-0.15, -0.1) is 0 Å². The van der Waals surface area contributed by atoms with Gasteiger partial charge in [0.1, 0.15) is 5.75 Å². The Morgan fingerprint density at radius 2 is 1.79 bits per heavy atom. The quantitative estimate of drug-likeness (QED) is 0.778. The lowest BCUT2D eigenvalue weighted by Gasteiger charge is -2.32. The molecule has 0 atom stereocenters. The van der Waals surface area contributed by atoms with Gasteiger partial charge in [0, 0.05) is 29.7 Å². The van der Waals surface area contributed by atoms with Crippen LogP contribution in [0.15, 0.2) is 42.5 Å². The van der Waals surface area contributed by atoms with Gasteiger partial charge in [-0.05, 0) is 62.2 Å². The average Bonchev–Trinajstić information content (AvgIpc) is 2.70. The van der Waals surface area contributed by atoms with Crippen molar-refractivity contribution in [1.82, 2.24) is 10.2 Å². The molecule has 0 saturated carbocycles. The number of piperidine rings is 1. The van der Waals surface area contributed by atoms with Crippen LogP contribution >= 0.6 is 23.2 Å². The molecule has 3 rings (SSSR count). The summed E-state index contributed by atoms with van der Waals surface area (Å²) in [7, 11) is 0. The minimum absolute atomic E-state index is 0.0259. The van der Waals surface area contributed by atoms with E-state index in [1.165, 1.54) is 0 Å². The Morgan fingerprint density at radius 3 is 2.43 bits per heavy atom. The molecule has 1 N–H and O–H groups in total. The molecule has 0 radical (unpaired) electrons. The minimum atomic E-state index is -0.135. The predicted molar refractivity (Wildman–Crippen MR) is 110 cm³/mol. The number of hydrogen-bond donors (Lipinski definition) is 1. The lowest BCUT2D eigenvalue weighted by atomic mass is 10.0. The van der Waals surface area contributed by atoms with Crippen molar-refractivity contribution in [2.75, 3.05) is 19.7 Å². The molecule has 148 valence electrons. The van der Waals surface area contributed by atoms with Crippen molar-refractivity contribution >= 4 is 35.0 Å². The first-order valence-corrected chi connectivity index (χ1v) is 10.0. The Hall–Kier alpha value is -2.24. The fraction of sp³-hybridized carbons (Fsp3) is 0.333. The van der Waals surface area contributed by atoms with Crippen molar-refractivity contribution < 1.29 is 14.3 Å². The summed E-state index contributed by atoms with van der Waals surface area (Å²) in [6.07, 6.45) is 1.37. The van der Waals surface area contributed by atoms with Gasteiger partial charge in [0.2, 0.25) is 0 Å². The number of nitrogens with zero attached hydrogens (tertiary/aromatic N) is 1. The van der Waals surface area contributed by atoms with Crippen LogP contribution in [0.25, 0.3) is 0 Å². The van der Waals surface area contributed by atoms with Gasteiger partial charge in [0.15, 0.2) is 0 Å². The van der Waals surface area contributed by atoms with Crippen LogP contribution in [0, 0.1) is 0 Å². The van der Waals surface area contributed by atoms with Crippen molar-refractivity contribution in [3.8, 4) is 5.75 Å². The topological polar surface area (TPSA) is 58.6 Å². The first-order chi connectivity index (χ1) is 13.5. The third-order valence-electron chi connectivity index (χ3n) is 4.70. The Morgan fingerprint density at radius 1 is 1.11 bits per heavy atom. The maximum atomic E-state index is 12.7. The molecule has 0 unspecified atom stereocenters. The van der Waals surface area contributed by atoms with E-state index in [2.05, 4.69) is 5.32 Å². The molecule has 0 aliphatic carbocycles. The normalized spacial score (nSPS) is 14.6. The van der Waals surface area contributed by atoms with E-state index in [1.807, 2.05) is 6.92 Å². The number of hydrogen-bond acceptors (Lipinski definition) is 3. The molecular weight excluding hydrogens is 399 g/mol. The zero-order chi connectivity index (χ0) is 20.1. The second-order valence-corrected chi connectivity index (χ2v) is 7.47. The monoisotopic (exact) mass is 420 g/mol. The van der Waals surface area contributed by atoms with Gasteiger partial charge in [0.05, 0.1) is 17.2 Å². The largest absolute Gasteiger partial charge is 0.494 e. The van der Waals surface area contributed by atoms with E-state index >= 15 is 0 Å². The van der Waals surface area contributed by atoms with Gasteiger partial charge in [-0.25, -0.2) is 0 Å². The van der Waals surface area contributed by atoms with Crippen LogP contribution in [0.4, 0.5) is 0 Å². The maximum absolute atomic E-state index is 12.7. The van der Waals surface area contributed by atoms with Crippen LogP contribution in [-0.2, 0) is 0 Å². The average molecular weight is 421 g/mol. The molecule has 1 aliphatic rings. The van der Waals surface area contributed by atoms with Gasteiger partial charge in [0.25, 0.3) is 11.8 Å².